The first kappa shape index (κ1) is 21.1. The number of Topliss-reactive ketones (excluding diaryl/α,β-unsaturated/α-hetero) is 1. The smallest absolute Gasteiger partial charge is 0.227 e. The summed E-state index contributed by atoms with van der Waals surface area (Å²) >= 11 is 0. The fourth-order valence-corrected chi connectivity index (χ4v) is 5.26. The highest BCUT2D eigenvalue weighted by atomic mass is 35.5. The Balaban J connectivity index is 0.00000225. The van der Waals surface area contributed by atoms with Gasteiger partial charge in [-0.25, -0.2) is 13.2 Å². The van der Waals surface area contributed by atoms with Crippen LogP contribution >= 0.6 is 12.4 Å². The van der Waals surface area contributed by atoms with Crippen LogP contribution < -0.4 is 5.73 Å². The van der Waals surface area contributed by atoms with Crippen molar-refractivity contribution in [2.75, 3.05) is 13.1 Å². The molecular formula is C20H24ClF3N2O2. The number of nitrogens with zero attached hydrogens (tertiary/aromatic N) is 1. The number of carbonyl (C=O) groups excluding carboxylic acids is 2. The number of carbonyl (C=O) groups is 2. The molecule has 3 fully saturated rings. The Hall–Kier alpha value is -1.60. The van der Waals surface area contributed by atoms with Gasteiger partial charge in [0.2, 0.25) is 5.91 Å². The Morgan fingerprint density at radius 2 is 1.54 bits per heavy atom. The third-order valence-corrected chi connectivity index (χ3v) is 6.70. The molecule has 4 nitrogen and oxygen atoms in total. The lowest BCUT2D eigenvalue weighted by Crippen LogP contribution is -2.49. The minimum absolute atomic E-state index is 0. The van der Waals surface area contributed by atoms with Crippen molar-refractivity contribution in [1.82, 2.24) is 4.90 Å². The number of halogens is 4. The van der Waals surface area contributed by atoms with Gasteiger partial charge in [0.1, 0.15) is 17.5 Å². The summed E-state index contributed by atoms with van der Waals surface area (Å²) in [6.07, 6.45) is 3.86. The highest BCUT2D eigenvalue weighted by Crippen LogP contribution is 2.48. The quantitative estimate of drug-likeness (QED) is 0.769. The minimum Gasteiger partial charge on any atom is -0.342 e. The van der Waals surface area contributed by atoms with Gasteiger partial charge in [0, 0.05) is 37.2 Å². The monoisotopic (exact) mass is 416 g/mol. The van der Waals surface area contributed by atoms with Gasteiger partial charge in [-0.1, -0.05) is 0 Å². The van der Waals surface area contributed by atoms with E-state index in [0.29, 0.717) is 49.9 Å². The molecule has 28 heavy (non-hydrogen) atoms. The lowest BCUT2D eigenvalue weighted by atomic mass is 9.82. The predicted octanol–water partition coefficient (Wildman–Crippen LogP) is 3.32. The summed E-state index contributed by atoms with van der Waals surface area (Å²) in [5.74, 6) is -3.92. The molecule has 154 valence electrons. The van der Waals surface area contributed by atoms with Crippen LogP contribution in [0.15, 0.2) is 12.1 Å². The van der Waals surface area contributed by atoms with Gasteiger partial charge >= 0.3 is 0 Å². The Morgan fingerprint density at radius 3 is 2.07 bits per heavy atom. The molecule has 2 aliphatic carbocycles. The summed E-state index contributed by atoms with van der Waals surface area (Å²) in [7, 11) is 0. The molecule has 1 amide bonds. The highest BCUT2D eigenvalue weighted by molar-refractivity contribution is 5.98. The molecule has 2 bridgehead atoms. The van der Waals surface area contributed by atoms with Crippen molar-refractivity contribution < 1.29 is 22.8 Å². The van der Waals surface area contributed by atoms with Crippen LogP contribution in [0.4, 0.5) is 13.2 Å². The van der Waals surface area contributed by atoms with Gasteiger partial charge in [-0.2, -0.15) is 0 Å². The first-order valence-corrected chi connectivity index (χ1v) is 9.60. The van der Waals surface area contributed by atoms with Crippen molar-refractivity contribution >= 4 is 24.1 Å². The van der Waals surface area contributed by atoms with E-state index >= 15 is 0 Å². The normalized spacial score (nSPS) is 29.6. The number of hydrogen-bond donors (Lipinski definition) is 1. The molecule has 1 aromatic carbocycles. The molecule has 4 rings (SSSR count). The first-order valence-electron chi connectivity index (χ1n) is 9.60. The highest BCUT2D eigenvalue weighted by Gasteiger charge is 2.50. The molecule has 0 aromatic heterocycles. The van der Waals surface area contributed by atoms with E-state index in [9.17, 15) is 22.8 Å². The minimum atomic E-state index is -1.18. The second-order valence-corrected chi connectivity index (χ2v) is 8.14. The first-order chi connectivity index (χ1) is 12.9. The molecule has 0 radical (unpaired) electrons. The number of nitrogens with two attached hydrogens (primary N) is 1. The summed E-state index contributed by atoms with van der Waals surface area (Å²) < 4.78 is 40.8. The van der Waals surface area contributed by atoms with Crippen LogP contribution in [0, 0.1) is 41.1 Å². The molecule has 1 aliphatic heterocycles. The predicted molar refractivity (Wildman–Crippen MR) is 99.5 cm³/mol. The average Bonchev–Trinajstić information content (AvgIpc) is 3.21. The second kappa shape index (κ2) is 8.03. The molecule has 2 saturated carbocycles. The zero-order chi connectivity index (χ0) is 19.3. The molecule has 4 unspecified atom stereocenters. The molecule has 3 aliphatic rings. The third-order valence-electron chi connectivity index (χ3n) is 6.70. The van der Waals surface area contributed by atoms with Gasteiger partial charge in [0.05, 0.1) is 11.5 Å². The Morgan fingerprint density at radius 1 is 0.964 bits per heavy atom. The van der Waals surface area contributed by atoms with Crippen molar-refractivity contribution in [3.05, 3.63) is 35.1 Å². The largest absolute Gasteiger partial charge is 0.342 e. The van der Waals surface area contributed by atoms with Crippen LogP contribution in [0.25, 0.3) is 0 Å². The molecule has 1 heterocycles. The van der Waals surface area contributed by atoms with Crippen molar-refractivity contribution in [2.24, 2.45) is 29.4 Å². The van der Waals surface area contributed by atoms with E-state index in [4.69, 9.17) is 5.73 Å². The van der Waals surface area contributed by atoms with E-state index in [1.807, 2.05) is 0 Å². The molecule has 4 atom stereocenters. The average molecular weight is 417 g/mol. The van der Waals surface area contributed by atoms with E-state index in [0.717, 1.165) is 19.3 Å². The number of amides is 1. The summed E-state index contributed by atoms with van der Waals surface area (Å²) in [4.78, 5) is 27.2. The maximum Gasteiger partial charge on any atom is 0.227 e. The maximum atomic E-state index is 13.9. The van der Waals surface area contributed by atoms with Gasteiger partial charge in [0.25, 0.3) is 0 Å². The Bertz CT molecular complexity index is 758. The van der Waals surface area contributed by atoms with Crippen LogP contribution in [0.5, 0.6) is 0 Å². The number of fused-ring (bicyclic) bond motifs is 2. The van der Waals surface area contributed by atoms with Crippen molar-refractivity contribution in [3.63, 3.8) is 0 Å². The van der Waals surface area contributed by atoms with E-state index in [2.05, 4.69) is 0 Å². The molecule has 0 spiro atoms. The van der Waals surface area contributed by atoms with Crippen LogP contribution in [-0.4, -0.2) is 35.7 Å². The van der Waals surface area contributed by atoms with Gasteiger partial charge in [-0.15, -0.1) is 12.4 Å². The van der Waals surface area contributed by atoms with Crippen LogP contribution in [0.1, 0.15) is 42.5 Å². The summed E-state index contributed by atoms with van der Waals surface area (Å²) in [6, 6.07) is 0.953. The van der Waals surface area contributed by atoms with Crippen LogP contribution in [-0.2, 0) is 4.79 Å². The van der Waals surface area contributed by atoms with Gasteiger partial charge in [0.15, 0.2) is 5.78 Å². The van der Waals surface area contributed by atoms with E-state index in [1.165, 1.54) is 0 Å². The standard InChI is InChI=1S/C20H23F3N2O2.ClH/c21-13-8-14(22)17(15(23)9-13)19(26)10-3-5-25(6-4-10)20(27)16-11-1-2-12(7-11)18(16)24;/h8-12,16,18H,1-7,24H2;1H. The zero-order valence-corrected chi connectivity index (χ0v) is 16.2. The van der Waals surface area contributed by atoms with E-state index in [1.54, 1.807) is 4.90 Å². The molecule has 1 aromatic rings. The maximum absolute atomic E-state index is 13.9. The van der Waals surface area contributed by atoms with E-state index < -0.39 is 34.7 Å². The number of ketones is 1. The lowest BCUT2D eigenvalue weighted by Gasteiger charge is -2.36. The van der Waals surface area contributed by atoms with Crippen LogP contribution in [0.3, 0.4) is 0 Å². The Kier molecular flexibility index (Phi) is 6.05. The number of piperidine rings is 1. The van der Waals surface area contributed by atoms with Gasteiger partial charge < -0.3 is 10.6 Å². The summed E-state index contributed by atoms with van der Waals surface area (Å²) in [5, 5.41) is 0. The van der Waals surface area contributed by atoms with Gasteiger partial charge in [-0.3, -0.25) is 9.59 Å². The molecule has 8 heteroatoms. The lowest BCUT2D eigenvalue weighted by molar-refractivity contribution is -0.139. The molecule has 1 saturated heterocycles. The summed E-state index contributed by atoms with van der Waals surface area (Å²) in [6.45, 7) is 0.751. The number of rotatable bonds is 3. The third kappa shape index (κ3) is 3.54. The van der Waals surface area contributed by atoms with Crippen LogP contribution in [0.2, 0.25) is 0 Å². The second-order valence-electron chi connectivity index (χ2n) is 8.14. The summed E-state index contributed by atoms with van der Waals surface area (Å²) in [5.41, 5.74) is 5.57. The topological polar surface area (TPSA) is 63.4 Å². The van der Waals surface area contributed by atoms with Crippen molar-refractivity contribution in [2.45, 2.75) is 38.1 Å². The van der Waals surface area contributed by atoms with E-state index in [-0.39, 0.29) is 30.3 Å². The Labute approximate surface area is 168 Å². The van der Waals surface area contributed by atoms with Crippen molar-refractivity contribution in [1.29, 1.82) is 0 Å². The molecular weight excluding hydrogens is 393 g/mol. The number of benzene rings is 1. The van der Waals surface area contributed by atoms with Gasteiger partial charge in [-0.05, 0) is 43.9 Å². The van der Waals surface area contributed by atoms with Crippen molar-refractivity contribution in [3.8, 4) is 0 Å². The number of likely N-dealkylation sites (tertiary alicyclic amines) is 1. The molecule has 2 N–H and O–H groups in total. The zero-order valence-electron chi connectivity index (χ0n) is 15.4. The fraction of sp³-hybridized carbons (Fsp3) is 0.600. The fourth-order valence-electron chi connectivity index (χ4n) is 5.26. The SMILES string of the molecule is Cl.NC1C2CCC(C2)C1C(=O)N1CCC(C(=O)c2c(F)cc(F)cc2F)CC1. The number of hydrogen-bond acceptors (Lipinski definition) is 3.